The summed E-state index contributed by atoms with van der Waals surface area (Å²) in [7, 11) is 0. The van der Waals surface area contributed by atoms with Gasteiger partial charge in [0.05, 0.1) is 0 Å². The van der Waals surface area contributed by atoms with Gasteiger partial charge < -0.3 is 0 Å². The van der Waals surface area contributed by atoms with Crippen LogP contribution in [0.5, 0.6) is 0 Å². The van der Waals surface area contributed by atoms with Crippen LogP contribution in [0.2, 0.25) is 0 Å². The van der Waals surface area contributed by atoms with Crippen LogP contribution in [0.15, 0.2) is 72.4 Å². The molecule has 0 aliphatic heterocycles. The summed E-state index contributed by atoms with van der Waals surface area (Å²) < 4.78 is 0. The van der Waals surface area contributed by atoms with Gasteiger partial charge in [0.2, 0.25) is 0 Å². The standard InChI is InChI=1S/C15H18/c1-6-9-10-15-12(5)11(4)13(7-2)14(15)8-3/h6-11H,1-3H2,4-5H3/b10-9-. The van der Waals surface area contributed by atoms with Crippen LogP contribution in [-0.2, 0) is 0 Å². The average Bonchev–Trinajstić information content (AvgIpc) is 2.48. The van der Waals surface area contributed by atoms with Gasteiger partial charge in [0, 0.05) is 5.92 Å². The Hall–Kier alpha value is -1.56. The Bertz CT molecular complexity index is 386. The van der Waals surface area contributed by atoms with E-state index in [2.05, 4.69) is 39.7 Å². The largest absolute Gasteiger partial charge is 0.0991 e. The molecule has 0 N–H and O–H groups in total. The second-order valence-electron chi connectivity index (χ2n) is 3.69. The molecule has 1 atom stereocenters. The molecule has 0 bridgehead atoms. The van der Waals surface area contributed by atoms with Crippen LogP contribution >= 0.6 is 0 Å². The quantitative estimate of drug-likeness (QED) is 0.589. The smallest absolute Gasteiger partial charge is 0.00322 e. The van der Waals surface area contributed by atoms with Gasteiger partial charge in [0.25, 0.3) is 0 Å². The highest BCUT2D eigenvalue weighted by Crippen LogP contribution is 2.38. The summed E-state index contributed by atoms with van der Waals surface area (Å²) in [5, 5.41) is 0. The second kappa shape index (κ2) is 4.79. The fourth-order valence-electron chi connectivity index (χ4n) is 1.97. The Morgan fingerprint density at radius 1 is 1.07 bits per heavy atom. The van der Waals surface area contributed by atoms with Gasteiger partial charge in [-0.3, -0.25) is 0 Å². The summed E-state index contributed by atoms with van der Waals surface area (Å²) in [6.45, 7) is 15.8. The van der Waals surface area contributed by atoms with Gasteiger partial charge >= 0.3 is 0 Å². The summed E-state index contributed by atoms with van der Waals surface area (Å²) >= 11 is 0. The van der Waals surface area contributed by atoms with Crippen molar-refractivity contribution in [2.75, 3.05) is 0 Å². The molecule has 0 aromatic carbocycles. The normalized spacial score (nSPS) is 21.3. The van der Waals surface area contributed by atoms with Crippen molar-refractivity contribution in [1.29, 1.82) is 0 Å². The SMILES string of the molecule is C=C/C=C\C1=C(C)C(C)C(C=C)=C1C=C. The molecule has 0 nitrogen and oxygen atoms in total. The lowest BCUT2D eigenvalue weighted by Gasteiger charge is -2.06. The van der Waals surface area contributed by atoms with E-state index in [9.17, 15) is 0 Å². The van der Waals surface area contributed by atoms with Gasteiger partial charge in [0.1, 0.15) is 0 Å². The molecule has 1 aliphatic carbocycles. The van der Waals surface area contributed by atoms with Crippen LogP contribution in [-0.4, -0.2) is 0 Å². The zero-order valence-electron chi connectivity index (χ0n) is 9.59. The third-order valence-corrected chi connectivity index (χ3v) is 2.97. The number of hydrogen-bond acceptors (Lipinski definition) is 0. The minimum atomic E-state index is 0.444. The Kier molecular flexibility index (Phi) is 3.68. The molecule has 0 fully saturated rings. The van der Waals surface area contributed by atoms with Gasteiger partial charge in [-0.1, -0.05) is 62.6 Å². The second-order valence-corrected chi connectivity index (χ2v) is 3.69. The average molecular weight is 198 g/mol. The van der Waals surface area contributed by atoms with Crippen LogP contribution in [0.4, 0.5) is 0 Å². The Balaban J connectivity index is 3.27. The topological polar surface area (TPSA) is 0 Å². The van der Waals surface area contributed by atoms with E-state index in [4.69, 9.17) is 0 Å². The molecule has 0 heterocycles. The van der Waals surface area contributed by atoms with Crippen molar-refractivity contribution in [3.05, 3.63) is 72.4 Å². The molecule has 0 saturated heterocycles. The lowest BCUT2D eigenvalue weighted by atomic mass is 9.98. The van der Waals surface area contributed by atoms with E-state index in [-0.39, 0.29) is 0 Å². The van der Waals surface area contributed by atoms with Gasteiger partial charge in [0.15, 0.2) is 0 Å². The highest BCUT2D eigenvalue weighted by Gasteiger charge is 2.22. The fourth-order valence-corrected chi connectivity index (χ4v) is 1.97. The van der Waals surface area contributed by atoms with Gasteiger partial charge in [-0.2, -0.15) is 0 Å². The Labute approximate surface area is 92.7 Å². The number of allylic oxidation sites excluding steroid dienone is 9. The van der Waals surface area contributed by atoms with Crippen molar-refractivity contribution < 1.29 is 0 Å². The van der Waals surface area contributed by atoms with Crippen LogP contribution in [0.1, 0.15) is 13.8 Å². The van der Waals surface area contributed by atoms with Gasteiger partial charge in [-0.15, -0.1) is 0 Å². The molecular formula is C15H18. The molecular weight excluding hydrogens is 180 g/mol. The lowest BCUT2D eigenvalue weighted by molar-refractivity contribution is 0.840. The molecule has 0 aromatic rings. The van der Waals surface area contributed by atoms with E-state index < -0.39 is 0 Å². The van der Waals surface area contributed by atoms with E-state index in [1.54, 1.807) is 6.08 Å². The van der Waals surface area contributed by atoms with Crippen molar-refractivity contribution in [2.45, 2.75) is 13.8 Å². The molecule has 1 rings (SSSR count). The van der Waals surface area contributed by atoms with E-state index >= 15 is 0 Å². The third kappa shape index (κ3) is 1.94. The molecule has 15 heavy (non-hydrogen) atoms. The first kappa shape index (κ1) is 11.5. The summed E-state index contributed by atoms with van der Waals surface area (Å²) in [5.41, 5.74) is 5.10. The molecule has 1 aliphatic rings. The highest BCUT2D eigenvalue weighted by molar-refractivity contribution is 5.61. The summed E-state index contributed by atoms with van der Waals surface area (Å²) in [6.07, 6.45) is 9.68. The van der Waals surface area contributed by atoms with Crippen LogP contribution < -0.4 is 0 Å². The van der Waals surface area contributed by atoms with Crippen molar-refractivity contribution >= 4 is 0 Å². The fraction of sp³-hybridized carbons (Fsp3) is 0.200. The van der Waals surface area contributed by atoms with Crippen molar-refractivity contribution in [3.8, 4) is 0 Å². The van der Waals surface area contributed by atoms with Crippen LogP contribution in [0, 0.1) is 5.92 Å². The van der Waals surface area contributed by atoms with Crippen LogP contribution in [0.3, 0.4) is 0 Å². The van der Waals surface area contributed by atoms with Crippen molar-refractivity contribution in [3.63, 3.8) is 0 Å². The minimum absolute atomic E-state index is 0.444. The van der Waals surface area contributed by atoms with E-state index in [1.807, 2.05) is 18.2 Å². The number of hydrogen-bond donors (Lipinski definition) is 0. The van der Waals surface area contributed by atoms with Crippen molar-refractivity contribution in [1.82, 2.24) is 0 Å². The minimum Gasteiger partial charge on any atom is -0.0991 e. The summed E-state index contributed by atoms with van der Waals surface area (Å²) in [4.78, 5) is 0. The molecule has 0 spiro atoms. The van der Waals surface area contributed by atoms with Crippen molar-refractivity contribution in [2.24, 2.45) is 5.92 Å². The summed E-state index contributed by atoms with van der Waals surface area (Å²) in [6, 6.07) is 0. The molecule has 1 unspecified atom stereocenters. The molecule has 0 radical (unpaired) electrons. The Morgan fingerprint density at radius 2 is 1.73 bits per heavy atom. The lowest BCUT2D eigenvalue weighted by Crippen LogP contribution is -1.93. The van der Waals surface area contributed by atoms with Crippen LogP contribution in [0.25, 0.3) is 0 Å². The zero-order valence-corrected chi connectivity index (χ0v) is 9.59. The maximum atomic E-state index is 3.87. The molecule has 0 heteroatoms. The first-order valence-corrected chi connectivity index (χ1v) is 5.16. The first-order valence-electron chi connectivity index (χ1n) is 5.16. The highest BCUT2D eigenvalue weighted by atomic mass is 14.3. The molecule has 0 amide bonds. The predicted molar refractivity (Wildman–Crippen MR) is 68.6 cm³/mol. The monoisotopic (exact) mass is 198 g/mol. The number of rotatable bonds is 4. The molecule has 0 aromatic heterocycles. The van der Waals surface area contributed by atoms with E-state index in [1.165, 1.54) is 22.3 Å². The Morgan fingerprint density at radius 3 is 2.20 bits per heavy atom. The third-order valence-electron chi connectivity index (χ3n) is 2.97. The predicted octanol–water partition coefficient (Wildman–Crippen LogP) is 4.36. The maximum absolute atomic E-state index is 3.87. The first-order chi connectivity index (χ1) is 7.17. The van der Waals surface area contributed by atoms with Gasteiger partial charge in [-0.05, 0) is 23.6 Å². The summed E-state index contributed by atoms with van der Waals surface area (Å²) in [5.74, 6) is 0.444. The zero-order chi connectivity index (χ0) is 11.4. The maximum Gasteiger partial charge on any atom is 0.00322 e. The molecule has 0 saturated carbocycles. The molecule has 78 valence electrons. The van der Waals surface area contributed by atoms with E-state index in [0.29, 0.717) is 5.92 Å². The van der Waals surface area contributed by atoms with Gasteiger partial charge in [-0.25, -0.2) is 0 Å². The van der Waals surface area contributed by atoms with E-state index in [0.717, 1.165) is 0 Å².